The number of methoxy groups -OCH3 is 3. The molecule has 5 atom stereocenters. The molecule has 1 saturated heterocycles. The van der Waals surface area contributed by atoms with Gasteiger partial charge in [0.15, 0.2) is 0 Å². The van der Waals surface area contributed by atoms with Crippen LogP contribution < -0.4 is 31.2 Å². The Morgan fingerprint density at radius 2 is 1.70 bits per heavy atom. The van der Waals surface area contributed by atoms with Crippen LogP contribution in [0.1, 0.15) is 23.8 Å². The second kappa shape index (κ2) is 16.7. The van der Waals surface area contributed by atoms with E-state index in [9.17, 15) is 33.1 Å². The Bertz CT molecular complexity index is 1710. The molecule has 20 nitrogen and oxygen atoms in total. The molecule has 1 fully saturated rings. The Morgan fingerprint density at radius 1 is 1.04 bits per heavy atom. The van der Waals surface area contributed by atoms with E-state index in [1.807, 2.05) is 0 Å². The van der Waals surface area contributed by atoms with Crippen LogP contribution in [-0.4, -0.2) is 81.8 Å². The summed E-state index contributed by atoms with van der Waals surface area (Å²) in [7, 11) is -12.5. The number of aromatic nitrogens is 2. The maximum Gasteiger partial charge on any atom is 0.490 e. The molecule has 3 unspecified atom stereocenters. The molecule has 24 heteroatoms. The average molecular weight is 748 g/mol. The van der Waals surface area contributed by atoms with Crippen molar-refractivity contribution in [2.24, 2.45) is 5.73 Å². The average Bonchev–Trinajstić information content (AvgIpc) is 3.38. The third-order valence-electron chi connectivity index (χ3n) is 6.03. The molecule has 0 amide bonds. The molecule has 1 aliphatic heterocycles. The van der Waals surface area contributed by atoms with Gasteiger partial charge in [-0.3, -0.25) is 18.9 Å². The van der Waals surface area contributed by atoms with E-state index in [-0.39, 0.29) is 24.5 Å². The molecule has 2 aromatic rings. The topological polar surface area (TPSA) is 287 Å². The van der Waals surface area contributed by atoms with Gasteiger partial charge in [-0.15, -0.1) is 11.8 Å². The molecule has 47 heavy (non-hydrogen) atoms. The van der Waals surface area contributed by atoms with Crippen LogP contribution in [0, 0.1) is 11.8 Å². The zero-order valence-electron chi connectivity index (χ0n) is 24.9. The van der Waals surface area contributed by atoms with Crippen molar-refractivity contribution in [3.8, 4) is 29.1 Å². The number of nitrogens with zero attached hydrogens (tertiary/aromatic N) is 1. The van der Waals surface area contributed by atoms with Crippen molar-refractivity contribution < 1.29 is 70.1 Å². The third-order valence-corrected chi connectivity index (χ3v) is 10.6. The number of aromatic amines is 1. The van der Waals surface area contributed by atoms with Crippen molar-refractivity contribution in [3.05, 3.63) is 50.3 Å². The number of nitrogens with two attached hydrogens (primary N) is 1. The minimum absolute atomic E-state index is 0.0153. The van der Waals surface area contributed by atoms with Gasteiger partial charge >= 0.3 is 29.2 Å². The van der Waals surface area contributed by atoms with Gasteiger partial charge in [-0.25, -0.2) is 18.5 Å². The fourth-order valence-corrected chi connectivity index (χ4v) is 7.97. The molecular weight excluding hydrogens is 715 g/mol. The highest BCUT2D eigenvalue weighted by Gasteiger charge is 2.43. The first-order valence-corrected chi connectivity index (χ1v) is 18.7. The van der Waals surface area contributed by atoms with Crippen molar-refractivity contribution in [1.29, 1.82) is 0 Å². The Hall–Kier alpha value is -2.50. The van der Waals surface area contributed by atoms with E-state index < -0.39 is 59.8 Å². The fourth-order valence-electron chi connectivity index (χ4n) is 4.10. The van der Waals surface area contributed by atoms with Gasteiger partial charge in [0.05, 0.1) is 46.5 Å². The van der Waals surface area contributed by atoms with Gasteiger partial charge in [0.2, 0.25) is 0 Å². The first kappa shape index (κ1) is 38.9. The number of nitrogens with one attached hydrogen (secondary N) is 1. The normalized spacial score (nSPS) is 20.5. The van der Waals surface area contributed by atoms with Gasteiger partial charge in [0.25, 0.3) is 5.56 Å². The highest BCUT2D eigenvalue weighted by Crippen LogP contribution is 2.66. The van der Waals surface area contributed by atoms with E-state index in [0.29, 0.717) is 28.6 Å². The summed E-state index contributed by atoms with van der Waals surface area (Å²) >= 11 is 1.26. The number of hydrogen-bond acceptors (Lipinski definition) is 15. The molecule has 0 aliphatic carbocycles. The lowest BCUT2D eigenvalue weighted by Gasteiger charge is -2.21. The van der Waals surface area contributed by atoms with E-state index in [2.05, 4.69) is 25.4 Å². The second-order valence-corrected chi connectivity index (χ2v) is 14.5. The summed E-state index contributed by atoms with van der Waals surface area (Å²) < 4.78 is 76.1. The maximum atomic E-state index is 12.6. The van der Waals surface area contributed by atoms with E-state index >= 15 is 0 Å². The molecule has 0 radical (unpaired) electrons. The molecule has 3 rings (SSSR count). The van der Waals surface area contributed by atoms with Crippen LogP contribution in [0.15, 0.2) is 27.9 Å². The van der Waals surface area contributed by atoms with Crippen molar-refractivity contribution >= 4 is 35.2 Å². The Morgan fingerprint density at radius 3 is 2.28 bits per heavy atom. The summed E-state index contributed by atoms with van der Waals surface area (Å²) in [5, 5.41) is 0. The van der Waals surface area contributed by atoms with Crippen LogP contribution >= 0.6 is 35.2 Å². The number of ether oxygens (including phenoxy) is 5. The fraction of sp³-hybridized carbons (Fsp3) is 0.478. The van der Waals surface area contributed by atoms with E-state index in [0.717, 1.165) is 10.8 Å². The number of benzene rings is 1. The van der Waals surface area contributed by atoms with E-state index in [1.54, 1.807) is 12.1 Å². The lowest BCUT2D eigenvalue weighted by molar-refractivity contribution is -0.0544. The van der Waals surface area contributed by atoms with Crippen LogP contribution in [0.25, 0.3) is 0 Å². The molecular formula is C23H32N3O17P3S. The Kier molecular flexibility index (Phi) is 13.9. The number of phosphoric acid groups is 3. The first-order valence-electron chi connectivity index (χ1n) is 13.0. The zero-order valence-corrected chi connectivity index (χ0v) is 28.4. The number of rotatable bonds is 16. The molecule has 0 saturated carbocycles. The summed E-state index contributed by atoms with van der Waals surface area (Å²) in [4.78, 5) is 63.8. The zero-order chi connectivity index (χ0) is 35.0. The van der Waals surface area contributed by atoms with E-state index in [4.69, 9.17) is 43.7 Å². The lowest BCUT2D eigenvalue weighted by Crippen LogP contribution is -2.33. The van der Waals surface area contributed by atoms with Crippen LogP contribution in [0.2, 0.25) is 0 Å². The van der Waals surface area contributed by atoms with E-state index in [1.165, 1.54) is 33.1 Å². The van der Waals surface area contributed by atoms with Crippen LogP contribution in [0.4, 0.5) is 0 Å². The molecule has 262 valence electrons. The maximum absolute atomic E-state index is 12.6. The number of hydrogen-bond donors (Lipinski definition) is 6. The molecule has 0 spiro atoms. The predicted octanol–water partition coefficient (Wildman–Crippen LogP) is 0.780. The first-order chi connectivity index (χ1) is 22.0. The summed E-state index contributed by atoms with van der Waals surface area (Å²) in [6, 6.07) is 3.34. The van der Waals surface area contributed by atoms with Crippen LogP contribution in [0.3, 0.4) is 0 Å². The quantitative estimate of drug-likeness (QED) is 0.0598. The minimum Gasteiger partial charge on any atom is -0.496 e. The van der Waals surface area contributed by atoms with Gasteiger partial charge in [-0.2, -0.15) is 8.62 Å². The highest BCUT2D eigenvalue weighted by atomic mass is 32.2. The Labute approximate surface area is 270 Å². The second-order valence-electron chi connectivity index (χ2n) is 9.15. The highest BCUT2D eigenvalue weighted by molar-refractivity contribution is 7.98. The van der Waals surface area contributed by atoms with Crippen molar-refractivity contribution in [3.63, 3.8) is 0 Å². The van der Waals surface area contributed by atoms with Crippen LogP contribution in [-0.2, 0) is 42.1 Å². The molecule has 0 bridgehead atoms. The largest absolute Gasteiger partial charge is 0.496 e. The smallest absolute Gasteiger partial charge is 0.490 e. The third kappa shape index (κ3) is 11.6. The summed E-state index contributed by atoms with van der Waals surface area (Å²) in [6.45, 7) is -0.920. The van der Waals surface area contributed by atoms with Gasteiger partial charge in [0.1, 0.15) is 35.1 Å². The van der Waals surface area contributed by atoms with Gasteiger partial charge in [-0.1, -0.05) is 11.8 Å². The van der Waals surface area contributed by atoms with Crippen molar-refractivity contribution in [2.45, 2.75) is 30.6 Å². The number of phosphoric ester groups is 1. The standard InChI is InChI=1S/C23H32N3O17P3S/c1-36-15-7-17(37-2)16(18(8-15)38-3)12-47-13-39-19-9-21(26-10-14(5-4-6-24)22(27)25-23(26)28)41-20(19)11-40-45(32,33)43-46(34,35)42-44(29,30)31/h7-8,10,19-21H,6,9,11-13,24H2,1-3H3,(H,32,33)(H,34,35)(H,25,27,28)(H2,29,30,31)/t19-,20+,21?/m0/s1. The SMILES string of the molecule is COc1cc(OC)c(CSCO[C@H]2CC(n3cc(C#CCN)c(=O)[nH]c3=O)O[C@@H]2COP(=O)(O)OP(=O)(O)OP(=O)(O)O)c(OC)c1. The lowest BCUT2D eigenvalue weighted by atomic mass is 10.2. The predicted molar refractivity (Wildman–Crippen MR) is 163 cm³/mol. The van der Waals surface area contributed by atoms with Crippen LogP contribution in [0.5, 0.6) is 17.2 Å². The van der Waals surface area contributed by atoms with Crippen molar-refractivity contribution in [1.82, 2.24) is 9.55 Å². The summed E-state index contributed by atoms with van der Waals surface area (Å²) in [5.41, 5.74) is 4.29. The monoisotopic (exact) mass is 747 g/mol. The Balaban J connectivity index is 1.80. The minimum atomic E-state index is -5.77. The molecule has 7 N–H and O–H groups in total. The van der Waals surface area contributed by atoms with Gasteiger partial charge in [-0.05, 0) is 0 Å². The summed E-state index contributed by atoms with van der Waals surface area (Å²) in [6.07, 6.45) is -2.28. The molecule has 2 heterocycles. The van der Waals surface area contributed by atoms with Gasteiger partial charge in [0, 0.05) is 36.1 Å². The van der Waals surface area contributed by atoms with Crippen molar-refractivity contribution in [2.75, 3.05) is 40.4 Å². The number of H-pyrrole nitrogens is 1. The molecule has 1 aromatic carbocycles. The summed E-state index contributed by atoms with van der Waals surface area (Å²) in [5.74, 6) is 6.80. The molecule has 1 aromatic heterocycles. The van der Waals surface area contributed by atoms with Gasteiger partial charge < -0.3 is 49.0 Å². The molecule has 1 aliphatic rings. The number of thioether (sulfide) groups is 1.